The lowest BCUT2D eigenvalue weighted by atomic mass is 10.0. The molecule has 51 heavy (non-hydrogen) atoms. The third-order valence-corrected chi connectivity index (χ3v) is 9.84. The lowest BCUT2D eigenvalue weighted by Crippen LogP contribution is -2.28. The largest absolute Gasteiger partial charge is 0.366 e. The molecule has 2 N–H and O–H groups in total. The molecule has 6 heterocycles. The fourth-order valence-corrected chi connectivity index (χ4v) is 7.57. The van der Waals surface area contributed by atoms with Crippen LogP contribution in [-0.2, 0) is 0 Å². The Morgan fingerprint density at radius 1 is 0.667 bits per heavy atom. The van der Waals surface area contributed by atoms with Gasteiger partial charge in [-0.15, -0.1) is 0 Å². The molecule has 6 aromatic rings. The average molecular weight is 666 g/mol. The molecule has 1 unspecified atom stereocenters. The number of anilines is 3. The van der Waals surface area contributed by atoms with Crippen LogP contribution in [0.25, 0.3) is 51.4 Å². The van der Waals surface area contributed by atoms with Crippen LogP contribution in [0.15, 0.2) is 133 Å². The second-order valence-corrected chi connectivity index (χ2v) is 13.1. The molecule has 2 aliphatic heterocycles. The number of benzene rings is 2. The first-order chi connectivity index (χ1) is 25.3. The maximum atomic E-state index is 5.29. The predicted octanol–water partition coefficient (Wildman–Crippen LogP) is 9.14. The van der Waals surface area contributed by atoms with Crippen LogP contribution in [0, 0.1) is 0 Å². The lowest BCUT2D eigenvalue weighted by molar-refractivity contribution is 0.783. The number of imidazole rings is 2. The van der Waals surface area contributed by atoms with Crippen molar-refractivity contribution in [2.75, 3.05) is 22.1 Å². The van der Waals surface area contributed by atoms with Crippen LogP contribution in [0.1, 0.15) is 43.1 Å². The first kappa shape index (κ1) is 29.4. The summed E-state index contributed by atoms with van der Waals surface area (Å²) in [6.45, 7) is 0.741. The van der Waals surface area contributed by atoms with E-state index in [4.69, 9.17) is 19.9 Å². The standard InChI is InChI=1S/C42H35N9/c1-4-13-31(14-5-1)49-37(46-34-19-10-22-43-40(34)49)28-25-29(38-47-35-20-11-23-44-41(35)50(38)32-15-6-2-7-16-32)27-30(26-28)39-48-36-21-12-24-45-42(36)51(39)33-17-8-3-9-18-33/h1,4-6,8,10-21,23-27,38,43,47H,2-3,7,9,22H2. The number of hydrogen-bond acceptors (Lipinski definition) is 7. The molecule has 9 nitrogen and oxygen atoms in total. The number of allylic oxidation sites excluding steroid dienone is 7. The van der Waals surface area contributed by atoms with Gasteiger partial charge in [-0.1, -0.05) is 48.6 Å². The summed E-state index contributed by atoms with van der Waals surface area (Å²) >= 11 is 0. The van der Waals surface area contributed by atoms with E-state index < -0.39 is 0 Å². The first-order valence-electron chi connectivity index (χ1n) is 17.6. The van der Waals surface area contributed by atoms with E-state index in [1.54, 1.807) is 0 Å². The van der Waals surface area contributed by atoms with Crippen LogP contribution in [0.3, 0.4) is 0 Å². The van der Waals surface area contributed by atoms with E-state index in [-0.39, 0.29) is 6.17 Å². The Kier molecular flexibility index (Phi) is 7.00. The van der Waals surface area contributed by atoms with Crippen molar-refractivity contribution in [3.8, 4) is 28.5 Å². The topological polar surface area (TPSA) is 88.7 Å². The fraction of sp³-hybridized carbons (Fsp3) is 0.143. The SMILES string of the molecule is C1=CC(N2c3ncccc3NC2c2cc(-c3nc4c(n3-c3ccccc3)NCC=C4)cc(-c3nc4cccnc4n3C3=CCCC=C3)c2)=CCC1. The minimum atomic E-state index is -0.222. The molecule has 0 saturated carbocycles. The number of nitrogens with zero attached hydrogens (tertiary/aromatic N) is 7. The van der Waals surface area contributed by atoms with E-state index in [1.807, 2.05) is 36.7 Å². The van der Waals surface area contributed by atoms with Crippen LogP contribution in [0.2, 0.25) is 0 Å². The third-order valence-electron chi connectivity index (χ3n) is 9.84. The van der Waals surface area contributed by atoms with Gasteiger partial charge in [0.2, 0.25) is 0 Å². The van der Waals surface area contributed by atoms with Gasteiger partial charge in [0.05, 0.1) is 5.69 Å². The smallest absolute Gasteiger partial charge is 0.164 e. The van der Waals surface area contributed by atoms with Gasteiger partial charge in [0.15, 0.2) is 11.5 Å². The maximum absolute atomic E-state index is 5.29. The summed E-state index contributed by atoms with van der Waals surface area (Å²) in [5, 5.41) is 7.43. The van der Waals surface area contributed by atoms with E-state index in [2.05, 4.69) is 122 Å². The van der Waals surface area contributed by atoms with E-state index in [0.29, 0.717) is 0 Å². The number of rotatable bonds is 6. The third kappa shape index (κ3) is 5.00. The first-order valence-corrected chi connectivity index (χ1v) is 17.6. The summed E-state index contributed by atoms with van der Waals surface area (Å²) in [5.74, 6) is 3.58. The predicted molar refractivity (Wildman–Crippen MR) is 205 cm³/mol. The van der Waals surface area contributed by atoms with Gasteiger partial charge >= 0.3 is 0 Å². The molecule has 0 spiro atoms. The molecule has 0 radical (unpaired) electrons. The van der Waals surface area contributed by atoms with Gasteiger partial charge in [-0.2, -0.15) is 0 Å². The van der Waals surface area contributed by atoms with Gasteiger partial charge in [-0.3, -0.25) is 14.0 Å². The zero-order chi connectivity index (χ0) is 33.7. The Hall–Kier alpha value is -6.48. The van der Waals surface area contributed by atoms with Crippen LogP contribution in [0.4, 0.5) is 17.3 Å². The zero-order valence-corrected chi connectivity index (χ0v) is 27.9. The second kappa shape index (κ2) is 12.1. The van der Waals surface area contributed by atoms with Crippen LogP contribution in [-0.4, -0.2) is 35.6 Å². The van der Waals surface area contributed by atoms with Crippen molar-refractivity contribution in [1.29, 1.82) is 0 Å². The van der Waals surface area contributed by atoms with Gasteiger partial charge in [0.25, 0.3) is 0 Å². The van der Waals surface area contributed by atoms with Crippen molar-refractivity contribution in [2.24, 2.45) is 0 Å². The minimum absolute atomic E-state index is 0.222. The van der Waals surface area contributed by atoms with Crippen molar-refractivity contribution in [2.45, 2.75) is 31.8 Å². The molecule has 4 aliphatic rings. The molecule has 0 amide bonds. The van der Waals surface area contributed by atoms with E-state index in [9.17, 15) is 0 Å². The molecule has 248 valence electrons. The van der Waals surface area contributed by atoms with Gasteiger partial charge < -0.3 is 10.6 Å². The van der Waals surface area contributed by atoms with E-state index in [1.165, 1.54) is 0 Å². The molecule has 0 bridgehead atoms. The quantitative estimate of drug-likeness (QED) is 0.183. The molecule has 1 atom stereocenters. The summed E-state index contributed by atoms with van der Waals surface area (Å²) in [7, 11) is 0. The van der Waals surface area contributed by atoms with Gasteiger partial charge in [-0.05, 0) is 104 Å². The Balaban J connectivity index is 1.24. The Labute approximate surface area is 295 Å². The fourth-order valence-electron chi connectivity index (χ4n) is 7.57. The Bertz CT molecular complexity index is 2480. The summed E-state index contributed by atoms with van der Waals surface area (Å²) in [5.41, 5.74) is 9.88. The minimum Gasteiger partial charge on any atom is -0.366 e. The normalized spacial score (nSPS) is 17.5. The van der Waals surface area contributed by atoms with Crippen LogP contribution < -0.4 is 15.5 Å². The van der Waals surface area contributed by atoms with Crippen LogP contribution >= 0.6 is 0 Å². The van der Waals surface area contributed by atoms with Gasteiger partial charge in [-0.25, -0.2) is 19.9 Å². The highest BCUT2D eigenvalue weighted by Crippen LogP contribution is 2.45. The monoisotopic (exact) mass is 665 g/mol. The lowest BCUT2D eigenvalue weighted by Gasteiger charge is -2.29. The Morgan fingerprint density at radius 3 is 2.24 bits per heavy atom. The number of para-hydroxylation sites is 1. The highest BCUT2D eigenvalue weighted by atomic mass is 15.4. The molecule has 9 heteroatoms. The molecule has 0 fully saturated rings. The van der Waals surface area contributed by atoms with Crippen molar-refractivity contribution < 1.29 is 0 Å². The average Bonchev–Trinajstić information content (AvgIpc) is 3.91. The van der Waals surface area contributed by atoms with E-state index in [0.717, 1.165) is 112 Å². The summed E-state index contributed by atoms with van der Waals surface area (Å²) in [4.78, 5) is 22.6. The van der Waals surface area contributed by atoms with Gasteiger partial charge in [0, 0.05) is 47.1 Å². The summed E-state index contributed by atoms with van der Waals surface area (Å²) < 4.78 is 4.44. The van der Waals surface area contributed by atoms with Crippen molar-refractivity contribution in [1.82, 2.24) is 29.1 Å². The second-order valence-electron chi connectivity index (χ2n) is 13.1. The molecule has 2 aliphatic carbocycles. The number of pyridine rings is 2. The summed E-state index contributed by atoms with van der Waals surface area (Å²) in [6, 6.07) is 25.3. The number of nitrogens with one attached hydrogen (secondary N) is 2. The molecule has 10 rings (SSSR count). The molecular weight excluding hydrogens is 631 g/mol. The van der Waals surface area contributed by atoms with Crippen molar-refractivity contribution in [3.05, 3.63) is 145 Å². The zero-order valence-electron chi connectivity index (χ0n) is 27.9. The number of aromatic nitrogens is 6. The number of fused-ring (bicyclic) bond motifs is 3. The maximum Gasteiger partial charge on any atom is 0.164 e. The number of hydrogen-bond donors (Lipinski definition) is 2. The Morgan fingerprint density at radius 2 is 1.43 bits per heavy atom. The molecule has 4 aromatic heterocycles. The highest BCUT2D eigenvalue weighted by Gasteiger charge is 2.34. The van der Waals surface area contributed by atoms with Crippen molar-refractivity contribution >= 4 is 40.3 Å². The molecule has 0 saturated heterocycles. The van der Waals surface area contributed by atoms with Crippen molar-refractivity contribution in [3.63, 3.8) is 0 Å². The van der Waals surface area contributed by atoms with Crippen LogP contribution in [0.5, 0.6) is 0 Å². The molecular formula is C42H35N9. The summed E-state index contributed by atoms with van der Waals surface area (Å²) in [6.07, 6.45) is 25.2. The highest BCUT2D eigenvalue weighted by molar-refractivity contribution is 5.86. The van der Waals surface area contributed by atoms with E-state index >= 15 is 0 Å². The van der Waals surface area contributed by atoms with Gasteiger partial charge in [0.1, 0.15) is 34.8 Å². The molecule has 2 aromatic carbocycles.